The van der Waals surface area contributed by atoms with Crippen LogP contribution in [-0.4, -0.2) is 19.2 Å². The van der Waals surface area contributed by atoms with Crippen LogP contribution >= 0.6 is 0 Å². The predicted octanol–water partition coefficient (Wildman–Crippen LogP) is 11.6. The van der Waals surface area contributed by atoms with E-state index in [0.29, 0.717) is 0 Å². The number of nitrogens with zero attached hydrogens (tertiary/aromatic N) is 4. The van der Waals surface area contributed by atoms with E-state index in [-0.39, 0.29) is 18.5 Å². The summed E-state index contributed by atoms with van der Waals surface area (Å²) in [6, 6.07) is 55.6. The Balaban J connectivity index is 1.02. The highest BCUT2D eigenvalue weighted by Crippen LogP contribution is 2.58. The standard InChI is InChI=1S/C49H41N5/c1-30-26-35(51-41-22-12-8-18-37(41)38-19-9-13-23-42(38)51)27-31(2)45(30)47-50-48(54-49(53(47)54)34-16-6-5-7-17-34)46-32(3)28-36(29-33(46)4)52-43-24-14-10-20-39(43)40-21-11-15-25-44(40)52/h5-29,47-50H,1-4H3. The minimum atomic E-state index is 0.0308. The van der Waals surface area contributed by atoms with E-state index >= 15 is 0 Å². The Morgan fingerprint density at radius 3 is 1.06 bits per heavy atom. The van der Waals surface area contributed by atoms with Gasteiger partial charge in [0.2, 0.25) is 0 Å². The molecule has 2 aromatic heterocycles. The molecule has 2 aliphatic rings. The highest BCUT2D eigenvalue weighted by atomic mass is 15.9. The topological polar surface area (TPSA) is 27.9 Å². The monoisotopic (exact) mass is 699 g/mol. The van der Waals surface area contributed by atoms with E-state index in [1.807, 2.05) is 0 Å². The summed E-state index contributed by atoms with van der Waals surface area (Å²) in [5, 5.41) is 14.4. The highest BCUT2D eigenvalue weighted by Gasteiger charge is 2.61. The van der Waals surface area contributed by atoms with Crippen LogP contribution in [0.2, 0.25) is 0 Å². The third-order valence-corrected chi connectivity index (χ3v) is 12.0. The van der Waals surface area contributed by atoms with E-state index in [2.05, 4.69) is 204 Å². The Bertz CT molecular complexity index is 2620. The number of hydrazine groups is 1. The van der Waals surface area contributed by atoms with Gasteiger partial charge in [-0.2, -0.15) is 10.0 Å². The van der Waals surface area contributed by atoms with Crippen LogP contribution in [0.3, 0.4) is 0 Å². The van der Waals surface area contributed by atoms with Gasteiger partial charge in [-0.1, -0.05) is 103 Å². The summed E-state index contributed by atoms with van der Waals surface area (Å²) < 4.78 is 4.86. The maximum Gasteiger partial charge on any atom is 0.119 e. The summed E-state index contributed by atoms with van der Waals surface area (Å²) in [7, 11) is 0. The lowest BCUT2D eigenvalue weighted by atomic mass is 9.96. The fourth-order valence-corrected chi connectivity index (χ4v) is 9.84. The minimum absolute atomic E-state index is 0.0308. The largest absolute Gasteiger partial charge is 0.309 e. The fourth-order valence-electron chi connectivity index (χ4n) is 9.84. The van der Waals surface area contributed by atoms with Crippen molar-refractivity contribution in [3.8, 4) is 11.4 Å². The van der Waals surface area contributed by atoms with E-state index in [4.69, 9.17) is 0 Å². The second-order valence-corrected chi connectivity index (χ2v) is 15.2. The zero-order valence-corrected chi connectivity index (χ0v) is 31.0. The lowest BCUT2D eigenvalue weighted by Gasteiger charge is -2.26. The first-order valence-corrected chi connectivity index (χ1v) is 19.0. The number of para-hydroxylation sites is 4. The number of fused-ring (bicyclic) bond motifs is 7. The SMILES string of the molecule is Cc1cc(-n2c3ccccc3c3ccccc32)cc(C)c1C1NC(c2c(C)cc(-n3c4ccccc4c4ccccc43)cc2C)N2C(c3ccccc3)N12. The van der Waals surface area contributed by atoms with Crippen molar-refractivity contribution in [1.29, 1.82) is 0 Å². The van der Waals surface area contributed by atoms with Gasteiger partial charge < -0.3 is 9.13 Å². The molecule has 0 spiro atoms. The summed E-state index contributed by atoms with van der Waals surface area (Å²) >= 11 is 0. The van der Waals surface area contributed by atoms with E-state index in [0.717, 1.165) is 0 Å². The molecule has 5 nitrogen and oxygen atoms in total. The quantitative estimate of drug-likeness (QED) is 0.181. The molecule has 11 rings (SSSR count). The summed E-state index contributed by atoms with van der Waals surface area (Å²) in [6.07, 6.45) is 0.250. The minimum Gasteiger partial charge on any atom is -0.309 e. The van der Waals surface area contributed by atoms with Crippen molar-refractivity contribution in [2.45, 2.75) is 46.2 Å². The zero-order chi connectivity index (χ0) is 36.2. The predicted molar refractivity (Wildman–Crippen MR) is 222 cm³/mol. The van der Waals surface area contributed by atoms with Gasteiger partial charge in [-0.3, -0.25) is 5.32 Å². The molecule has 262 valence electrons. The molecular weight excluding hydrogens is 659 g/mol. The van der Waals surface area contributed by atoms with Crippen LogP contribution in [0.1, 0.15) is 57.4 Å². The van der Waals surface area contributed by atoms with Gasteiger partial charge in [0.1, 0.15) is 18.5 Å². The van der Waals surface area contributed by atoms with Crippen LogP contribution in [-0.2, 0) is 0 Å². The number of benzene rings is 7. The smallest absolute Gasteiger partial charge is 0.119 e. The molecule has 54 heavy (non-hydrogen) atoms. The Morgan fingerprint density at radius 2 is 0.704 bits per heavy atom. The molecule has 0 bridgehead atoms. The Labute approximate surface area is 315 Å². The van der Waals surface area contributed by atoms with Crippen LogP contribution < -0.4 is 5.32 Å². The van der Waals surface area contributed by atoms with Crippen molar-refractivity contribution >= 4 is 43.6 Å². The van der Waals surface area contributed by atoms with Crippen LogP contribution in [0.4, 0.5) is 0 Å². The number of rotatable bonds is 5. The molecular formula is C49H41N5. The van der Waals surface area contributed by atoms with Crippen LogP contribution in [0.15, 0.2) is 152 Å². The van der Waals surface area contributed by atoms with Gasteiger partial charge in [-0.15, -0.1) is 0 Å². The zero-order valence-electron chi connectivity index (χ0n) is 31.0. The normalized spacial score (nSPS) is 20.7. The lowest BCUT2D eigenvalue weighted by molar-refractivity contribution is 0.312. The number of hydrogen-bond acceptors (Lipinski definition) is 3. The molecule has 0 saturated carbocycles. The van der Waals surface area contributed by atoms with Gasteiger partial charge in [0.15, 0.2) is 0 Å². The number of aromatic nitrogens is 2. The Kier molecular flexibility index (Phi) is 6.87. The average Bonchev–Trinajstić information content (AvgIpc) is 3.47. The summed E-state index contributed by atoms with van der Waals surface area (Å²) in [5.41, 5.74) is 16.5. The van der Waals surface area contributed by atoms with Gasteiger partial charge in [0.05, 0.1) is 22.1 Å². The summed E-state index contributed by atoms with van der Waals surface area (Å²) in [4.78, 5) is 0. The molecule has 4 atom stereocenters. The molecule has 0 radical (unpaired) electrons. The van der Waals surface area contributed by atoms with Gasteiger partial charge in [0.25, 0.3) is 0 Å². The third-order valence-electron chi connectivity index (χ3n) is 12.0. The molecule has 0 aliphatic carbocycles. The molecule has 2 saturated heterocycles. The average molecular weight is 700 g/mol. The van der Waals surface area contributed by atoms with Crippen molar-refractivity contribution in [3.63, 3.8) is 0 Å². The van der Waals surface area contributed by atoms with Crippen LogP contribution in [0.25, 0.3) is 55.0 Å². The van der Waals surface area contributed by atoms with E-state index in [9.17, 15) is 0 Å². The van der Waals surface area contributed by atoms with Gasteiger partial charge in [0, 0.05) is 32.9 Å². The second kappa shape index (κ2) is 11.8. The molecule has 4 unspecified atom stereocenters. The number of hydrogen-bond donors (Lipinski definition) is 1. The molecule has 4 heterocycles. The van der Waals surface area contributed by atoms with Crippen molar-refractivity contribution in [1.82, 2.24) is 24.5 Å². The maximum atomic E-state index is 4.15. The first-order chi connectivity index (χ1) is 26.5. The van der Waals surface area contributed by atoms with Crippen molar-refractivity contribution in [2.75, 3.05) is 0 Å². The fraction of sp³-hybridized carbons (Fsp3) is 0.143. The van der Waals surface area contributed by atoms with E-state index < -0.39 is 0 Å². The summed E-state index contributed by atoms with van der Waals surface area (Å²) in [5.74, 6) is 0. The number of aryl methyl sites for hydroxylation is 4. The van der Waals surface area contributed by atoms with E-state index in [1.54, 1.807) is 0 Å². The lowest BCUT2D eigenvalue weighted by Crippen LogP contribution is -2.29. The third kappa shape index (κ3) is 4.50. The Morgan fingerprint density at radius 1 is 0.389 bits per heavy atom. The van der Waals surface area contributed by atoms with Gasteiger partial charge in [-0.25, -0.2) is 0 Å². The van der Waals surface area contributed by atoms with Crippen LogP contribution in [0.5, 0.6) is 0 Å². The molecule has 9 aromatic rings. The molecule has 2 fully saturated rings. The van der Waals surface area contributed by atoms with Crippen LogP contribution in [0, 0.1) is 27.7 Å². The van der Waals surface area contributed by atoms with E-state index in [1.165, 1.54) is 93.9 Å². The maximum absolute atomic E-state index is 4.15. The number of nitrogens with one attached hydrogen (secondary N) is 1. The molecule has 0 amide bonds. The van der Waals surface area contributed by atoms with Gasteiger partial charge in [-0.05, 0) is 115 Å². The second-order valence-electron chi connectivity index (χ2n) is 15.2. The van der Waals surface area contributed by atoms with Crippen molar-refractivity contribution < 1.29 is 0 Å². The molecule has 1 N–H and O–H groups in total. The molecule has 5 heteroatoms. The van der Waals surface area contributed by atoms with Crippen molar-refractivity contribution in [3.05, 3.63) is 191 Å². The first kappa shape index (κ1) is 31.5. The highest BCUT2D eigenvalue weighted by molar-refractivity contribution is 6.10. The first-order valence-electron chi connectivity index (χ1n) is 19.0. The molecule has 2 aliphatic heterocycles. The Hall–Kier alpha value is -5.98. The summed E-state index contributed by atoms with van der Waals surface area (Å²) in [6.45, 7) is 9.16. The molecule has 7 aromatic carbocycles. The van der Waals surface area contributed by atoms with Gasteiger partial charge >= 0.3 is 0 Å². The van der Waals surface area contributed by atoms with Crippen molar-refractivity contribution in [2.24, 2.45) is 0 Å².